The molecule has 4 nitrogen and oxygen atoms in total. The summed E-state index contributed by atoms with van der Waals surface area (Å²) in [7, 11) is 0. The van der Waals surface area contributed by atoms with Crippen LogP contribution in [0.15, 0.2) is 29.8 Å². The summed E-state index contributed by atoms with van der Waals surface area (Å²) in [5, 5.41) is 3.07. The Balaban J connectivity index is 1.68. The third-order valence-corrected chi connectivity index (χ3v) is 4.00. The Kier molecular flexibility index (Phi) is 4.13. The zero-order valence-electron chi connectivity index (χ0n) is 12.4. The standard InChI is InChI=1S/C17H21NO3/c1-12(18-17(19)13-5-3-2-4-6-13)14-7-8-15-16(11-14)21-10-9-20-15/h5,7-8,11-12H,2-4,6,9-10H2,1H3,(H,18,19)/t12-/m1/s1. The van der Waals surface area contributed by atoms with Gasteiger partial charge in [0.15, 0.2) is 11.5 Å². The molecule has 0 unspecified atom stereocenters. The first-order valence-electron chi connectivity index (χ1n) is 7.63. The number of allylic oxidation sites excluding steroid dienone is 1. The molecule has 3 rings (SSSR count). The molecular weight excluding hydrogens is 266 g/mol. The van der Waals surface area contributed by atoms with Gasteiger partial charge in [-0.15, -0.1) is 0 Å². The van der Waals surface area contributed by atoms with Crippen LogP contribution in [0, 0.1) is 0 Å². The maximum absolute atomic E-state index is 12.2. The maximum Gasteiger partial charge on any atom is 0.247 e. The van der Waals surface area contributed by atoms with Crippen molar-refractivity contribution in [2.24, 2.45) is 0 Å². The molecule has 21 heavy (non-hydrogen) atoms. The molecule has 1 N–H and O–H groups in total. The van der Waals surface area contributed by atoms with E-state index < -0.39 is 0 Å². The summed E-state index contributed by atoms with van der Waals surface area (Å²) in [5.41, 5.74) is 1.95. The fraction of sp³-hybridized carbons (Fsp3) is 0.471. The highest BCUT2D eigenvalue weighted by Gasteiger charge is 2.18. The monoisotopic (exact) mass is 287 g/mol. The van der Waals surface area contributed by atoms with E-state index in [2.05, 4.69) is 11.4 Å². The quantitative estimate of drug-likeness (QED) is 0.929. The minimum absolute atomic E-state index is 0.0452. The van der Waals surface area contributed by atoms with Crippen LogP contribution in [0.4, 0.5) is 0 Å². The molecule has 1 aliphatic carbocycles. The smallest absolute Gasteiger partial charge is 0.247 e. The Hall–Kier alpha value is -1.97. The Morgan fingerprint density at radius 3 is 2.76 bits per heavy atom. The van der Waals surface area contributed by atoms with E-state index in [0.29, 0.717) is 13.2 Å². The number of carbonyl (C=O) groups is 1. The number of benzene rings is 1. The molecule has 1 heterocycles. The molecule has 1 aliphatic heterocycles. The van der Waals surface area contributed by atoms with E-state index in [9.17, 15) is 4.79 Å². The van der Waals surface area contributed by atoms with Gasteiger partial charge in [-0.3, -0.25) is 4.79 Å². The highest BCUT2D eigenvalue weighted by molar-refractivity contribution is 5.93. The van der Waals surface area contributed by atoms with Gasteiger partial charge in [0.2, 0.25) is 5.91 Å². The molecule has 1 aromatic carbocycles. The lowest BCUT2D eigenvalue weighted by Crippen LogP contribution is -2.28. The summed E-state index contributed by atoms with van der Waals surface area (Å²) in [6.45, 7) is 3.16. The van der Waals surface area contributed by atoms with Crippen LogP contribution in [-0.2, 0) is 4.79 Å². The lowest BCUT2D eigenvalue weighted by Gasteiger charge is -2.21. The normalized spacial score (nSPS) is 18.6. The first-order chi connectivity index (χ1) is 10.2. The van der Waals surface area contributed by atoms with E-state index in [1.54, 1.807) is 0 Å². The number of ether oxygens (including phenoxy) is 2. The average molecular weight is 287 g/mol. The van der Waals surface area contributed by atoms with Crippen molar-refractivity contribution in [3.63, 3.8) is 0 Å². The minimum atomic E-state index is -0.0452. The molecule has 0 saturated carbocycles. The fourth-order valence-electron chi connectivity index (χ4n) is 2.75. The van der Waals surface area contributed by atoms with Crippen LogP contribution in [0.3, 0.4) is 0 Å². The van der Waals surface area contributed by atoms with E-state index in [-0.39, 0.29) is 11.9 Å². The summed E-state index contributed by atoms with van der Waals surface area (Å²) < 4.78 is 11.1. The number of rotatable bonds is 3. The molecule has 1 aromatic rings. The fourth-order valence-corrected chi connectivity index (χ4v) is 2.75. The number of nitrogens with one attached hydrogen (secondary N) is 1. The second kappa shape index (κ2) is 6.20. The van der Waals surface area contributed by atoms with E-state index in [1.165, 1.54) is 6.42 Å². The van der Waals surface area contributed by atoms with Crippen LogP contribution >= 0.6 is 0 Å². The van der Waals surface area contributed by atoms with Gasteiger partial charge in [0.05, 0.1) is 6.04 Å². The molecule has 0 spiro atoms. The lowest BCUT2D eigenvalue weighted by atomic mass is 9.98. The molecule has 2 aliphatic rings. The molecule has 0 bridgehead atoms. The maximum atomic E-state index is 12.2. The van der Waals surface area contributed by atoms with Gasteiger partial charge in [-0.2, -0.15) is 0 Å². The lowest BCUT2D eigenvalue weighted by molar-refractivity contribution is -0.118. The second-order valence-electron chi connectivity index (χ2n) is 5.57. The number of hydrogen-bond acceptors (Lipinski definition) is 3. The van der Waals surface area contributed by atoms with Gasteiger partial charge in [-0.05, 0) is 50.3 Å². The largest absolute Gasteiger partial charge is 0.486 e. The van der Waals surface area contributed by atoms with Crippen molar-refractivity contribution in [2.45, 2.75) is 38.6 Å². The van der Waals surface area contributed by atoms with Crippen molar-refractivity contribution in [1.82, 2.24) is 5.32 Å². The van der Waals surface area contributed by atoms with Gasteiger partial charge >= 0.3 is 0 Å². The molecule has 0 saturated heterocycles. The molecular formula is C17H21NO3. The summed E-state index contributed by atoms with van der Waals surface area (Å²) >= 11 is 0. The van der Waals surface area contributed by atoms with Gasteiger partial charge in [0.25, 0.3) is 0 Å². The molecule has 1 atom stereocenters. The first-order valence-corrected chi connectivity index (χ1v) is 7.63. The molecule has 0 radical (unpaired) electrons. The third-order valence-electron chi connectivity index (χ3n) is 4.00. The minimum Gasteiger partial charge on any atom is -0.486 e. The van der Waals surface area contributed by atoms with Crippen molar-refractivity contribution in [3.8, 4) is 11.5 Å². The van der Waals surface area contributed by atoms with Crippen molar-refractivity contribution in [1.29, 1.82) is 0 Å². The first kappa shape index (κ1) is 14.0. The highest BCUT2D eigenvalue weighted by Crippen LogP contribution is 2.32. The highest BCUT2D eigenvalue weighted by atomic mass is 16.6. The zero-order valence-corrected chi connectivity index (χ0v) is 12.4. The van der Waals surface area contributed by atoms with Gasteiger partial charge in [0.1, 0.15) is 13.2 Å². The second-order valence-corrected chi connectivity index (χ2v) is 5.57. The summed E-state index contributed by atoms with van der Waals surface area (Å²) in [6.07, 6.45) is 6.27. The molecule has 0 fully saturated rings. The molecule has 1 amide bonds. The average Bonchev–Trinajstić information content (AvgIpc) is 2.55. The van der Waals surface area contributed by atoms with Crippen LogP contribution in [0.5, 0.6) is 11.5 Å². The molecule has 0 aromatic heterocycles. The van der Waals surface area contributed by atoms with Crippen molar-refractivity contribution >= 4 is 5.91 Å². The Bertz CT molecular complexity index is 565. The third kappa shape index (κ3) is 3.20. The van der Waals surface area contributed by atoms with Crippen LogP contribution in [0.25, 0.3) is 0 Å². The van der Waals surface area contributed by atoms with Crippen molar-refractivity contribution in [3.05, 3.63) is 35.4 Å². The predicted molar refractivity (Wildman–Crippen MR) is 80.5 cm³/mol. The van der Waals surface area contributed by atoms with Gasteiger partial charge in [0, 0.05) is 5.57 Å². The topological polar surface area (TPSA) is 47.6 Å². The van der Waals surface area contributed by atoms with Crippen LogP contribution in [0.2, 0.25) is 0 Å². The Morgan fingerprint density at radius 1 is 1.19 bits per heavy atom. The molecule has 112 valence electrons. The van der Waals surface area contributed by atoms with Gasteiger partial charge in [-0.1, -0.05) is 12.1 Å². The summed E-state index contributed by atoms with van der Waals surface area (Å²) in [5.74, 6) is 1.59. The van der Waals surface area contributed by atoms with Crippen molar-refractivity contribution < 1.29 is 14.3 Å². The van der Waals surface area contributed by atoms with E-state index in [1.807, 2.05) is 25.1 Å². The predicted octanol–water partition coefficient (Wildman–Crippen LogP) is 3.14. The van der Waals surface area contributed by atoms with Crippen LogP contribution in [-0.4, -0.2) is 19.1 Å². The van der Waals surface area contributed by atoms with Gasteiger partial charge < -0.3 is 14.8 Å². The number of carbonyl (C=O) groups excluding carboxylic acids is 1. The van der Waals surface area contributed by atoms with E-state index in [4.69, 9.17) is 9.47 Å². The Labute approximate surface area is 125 Å². The summed E-state index contributed by atoms with van der Waals surface area (Å²) in [6, 6.07) is 5.80. The molecule has 4 heteroatoms. The van der Waals surface area contributed by atoms with E-state index in [0.717, 1.165) is 41.9 Å². The van der Waals surface area contributed by atoms with E-state index >= 15 is 0 Å². The van der Waals surface area contributed by atoms with Crippen molar-refractivity contribution in [2.75, 3.05) is 13.2 Å². The summed E-state index contributed by atoms with van der Waals surface area (Å²) in [4.78, 5) is 12.2. The zero-order chi connectivity index (χ0) is 14.7. The Morgan fingerprint density at radius 2 is 2.00 bits per heavy atom. The van der Waals surface area contributed by atoms with Gasteiger partial charge in [-0.25, -0.2) is 0 Å². The SMILES string of the molecule is C[C@@H](NC(=O)C1=CCCCC1)c1ccc2c(c1)OCCO2. The number of hydrogen-bond donors (Lipinski definition) is 1. The number of fused-ring (bicyclic) bond motifs is 1. The number of amides is 1. The van der Waals surface area contributed by atoms with Crippen LogP contribution < -0.4 is 14.8 Å². The van der Waals surface area contributed by atoms with Crippen LogP contribution in [0.1, 0.15) is 44.2 Å².